The Morgan fingerprint density at radius 2 is 1.65 bits per heavy atom. The molecular formula is C24H16F2N2O3. The Labute approximate surface area is 176 Å². The predicted octanol–water partition coefficient (Wildman–Crippen LogP) is 3.96. The second kappa shape index (κ2) is 7.12. The van der Waals surface area contributed by atoms with Crippen LogP contribution in [-0.2, 0) is 13.0 Å². The second-order valence-electron chi connectivity index (χ2n) is 7.53. The molecule has 2 aliphatic rings. The van der Waals surface area contributed by atoms with Crippen LogP contribution in [0.1, 0.15) is 42.2 Å². The maximum atomic E-state index is 14.0. The van der Waals surface area contributed by atoms with Gasteiger partial charge in [0.1, 0.15) is 11.6 Å². The van der Waals surface area contributed by atoms with E-state index in [1.807, 2.05) is 30.3 Å². The molecule has 0 unspecified atom stereocenters. The quantitative estimate of drug-likeness (QED) is 0.605. The van der Waals surface area contributed by atoms with Gasteiger partial charge >= 0.3 is 0 Å². The molecule has 0 radical (unpaired) electrons. The average Bonchev–Trinajstić information content (AvgIpc) is 3.29. The Morgan fingerprint density at radius 3 is 2.42 bits per heavy atom. The van der Waals surface area contributed by atoms with Crippen LogP contribution in [0.25, 0.3) is 0 Å². The third kappa shape index (κ3) is 3.09. The molecule has 31 heavy (non-hydrogen) atoms. The van der Waals surface area contributed by atoms with Crippen molar-refractivity contribution in [1.82, 2.24) is 4.90 Å². The van der Waals surface area contributed by atoms with Crippen LogP contribution in [0, 0.1) is 11.6 Å². The molecule has 0 bridgehead atoms. The minimum absolute atomic E-state index is 0.133. The van der Waals surface area contributed by atoms with Gasteiger partial charge in [0.15, 0.2) is 0 Å². The summed E-state index contributed by atoms with van der Waals surface area (Å²) in [6.45, 7) is 0.340. The lowest BCUT2D eigenvalue weighted by Crippen LogP contribution is -2.29. The highest BCUT2D eigenvalue weighted by Gasteiger charge is 2.37. The summed E-state index contributed by atoms with van der Waals surface area (Å²) in [5, 5.41) is 0. The van der Waals surface area contributed by atoms with Gasteiger partial charge in [-0.25, -0.2) is 8.78 Å². The number of halogens is 2. The molecule has 0 aromatic heterocycles. The Bertz CT molecular complexity index is 1260. The molecule has 3 aromatic carbocycles. The Morgan fingerprint density at radius 1 is 0.903 bits per heavy atom. The normalized spacial score (nSPS) is 14.8. The number of imide groups is 1. The third-order valence-electron chi connectivity index (χ3n) is 5.66. The maximum Gasteiger partial charge on any atom is 0.261 e. The molecule has 0 N–H and O–H groups in total. The molecule has 0 aliphatic carbocycles. The van der Waals surface area contributed by atoms with Gasteiger partial charge in [-0.3, -0.25) is 19.3 Å². The number of hydrogen-bond donors (Lipinski definition) is 0. The van der Waals surface area contributed by atoms with E-state index in [-0.39, 0.29) is 47.5 Å². The standard InChI is InChI=1S/C24H16F2N2O3/c25-16-11-20(26)18-8-9-27(21(18)12-16)22(29)15-6-7-17-19(10-15)24(31)28(23(17)30)13-14-4-2-1-3-5-14/h1-7,10-12H,8-9,13H2. The monoisotopic (exact) mass is 418 g/mol. The first-order valence-electron chi connectivity index (χ1n) is 9.78. The van der Waals surface area contributed by atoms with Gasteiger partial charge in [-0.2, -0.15) is 0 Å². The van der Waals surface area contributed by atoms with Crippen LogP contribution in [0.5, 0.6) is 0 Å². The molecule has 0 saturated heterocycles. The van der Waals surface area contributed by atoms with Gasteiger partial charge in [0, 0.05) is 23.7 Å². The molecule has 7 heteroatoms. The Balaban J connectivity index is 1.45. The van der Waals surface area contributed by atoms with Crippen molar-refractivity contribution in [2.45, 2.75) is 13.0 Å². The third-order valence-corrected chi connectivity index (χ3v) is 5.66. The molecule has 2 aliphatic heterocycles. The Hall–Kier alpha value is -3.87. The largest absolute Gasteiger partial charge is 0.308 e. The highest BCUT2D eigenvalue weighted by atomic mass is 19.1. The van der Waals surface area contributed by atoms with E-state index in [9.17, 15) is 23.2 Å². The van der Waals surface area contributed by atoms with E-state index in [0.717, 1.165) is 22.6 Å². The topological polar surface area (TPSA) is 57.7 Å². The van der Waals surface area contributed by atoms with E-state index in [0.29, 0.717) is 0 Å². The zero-order valence-electron chi connectivity index (χ0n) is 16.3. The molecule has 3 aromatic rings. The minimum atomic E-state index is -0.762. The summed E-state index contributed by atoms with van der Waals surface area (Å²) >= 11 is 0. The highest BCUT2D eigenvalue weighted by Crippen LogP contribution is 2.33. The lowest BCUT2D eigenvalue weighted by molar-refractivity contribution is 0.0642. The summed E-state index contributed by atoms with van der Waals surface area (Å²) in [5.74, 6) is -2.82. The summed E-state index contributed by atoms with van der Waals surface area (Å²) in [6, 6.07) is 15.4. The molecule has 0 spiro atoms. The second-order valence-corrected chi connectivity index (χ2v) is 7.53. The number of carbonyl (C=O) groups excluding carboxylic acids is 3. The van der Waals surface area contributed by atoms with E-state index in [1.165, 1.54) is 23.1 Å². The molecule has 154 valence electrons. The van der Waals surface area contributed by atoms with Gasteiger partial charge in [0.2, 0.25) is 0 Å². The van der Waals surface area contributed by atoms with Crippen molar-refractivity contribution in [3.63, 3.8) is 0 Å². The number of hydrogen-bond acceptors (Lipinski definition) is 3. The molecule has 0 saturated carbocycles. The van der Waals surface area contributed by atoms with Crippen LogP contribution >= 0.6 is 0 Å². The van der Waals surface area contributed by atoms with Crippen LogP contribution in [-0.4, -0.2) is 29.2 Å². The predicted molar refractivity (Wildman–Crippen MR) is 109 cm³/mol. The first-order valence-corrected chi connectivity index (χ1v) is 9.78. The van der Waals surface area contributed by atoms with E-state index >= 15 is 0 Å². The summed E-state index contributed by atoms with van der Waals surface area (Å²) in [5.41, 5.74) is 1.85. The molecule has 0 fully saturated rings. The number of rotatable bonds is 3. The fourth-order valence-corrected chi connectivity index (χ4v) is 4.12. The molecule has 0 atom stereocenters. The van der Waals surface area contributed by atoms with Crippen LogP contribution in [0.4, 0.5) is 14.5 Å². The van der Waals surface area contributed by atoms with Gasteiger partial charge in [-0.15, -0.1) is 0 Å². The smallest absolute Gasteiger partial charge is 0.261 e. The number of nitrogens with zero attached hydrogens (tertiary/aromatic N) is 2. The van der Waals surface area contributed by atoms with Crippen molar-refractivity contribution in [3.05, 3.63) is 100 Å². The van der Waals surface area contributed by atoms with Crippen molar-refractivity contribution in [3.8, 4) is 0 Å². The van der Waals surface area contributed by atoms with Crippen molar-refractivity contribution >= 4 is 23.4 Å². The fraction of sp³-hybridized carbons (Fsp3) is 0.125. The zero-order valence-corrected chi connectivity index (χ0v) is 16.3. The highest BCUT2D eigenvalue weighted by molar-refractivity contribution is 6.22. The van der Waals surface area contributed by atoms with Crippen molar-refractivity contribution < 1.29 is 23.2 Å². The van der Waals surface area contributed by atoms with E-state index in [1.54, 1.807) is 0 Å². The van der Waals surface area contributed by atoms with Gasteiger partial charge in [0.05, 0.1) is 23.4 Å². The number of carbonyl (C=O) groups is 3. The molecule has 2 heterocycles. The molecular weight excluding hydrogens is 402 g/mol. The van der Waals surface area contributed by atoms with Gasteiger partial charge in [0.25, 0.3) is 17.7 Å². The van der Waals surface area contributed by atoms with Crippen LogP contribution in [0.2, 0.25) is 0 Å². The molecule has 5 rings (SSSR count). The molecule has 5 nitrogen and oxygen atoms in total. The van der Waals surface area contributed by atoms with Crippen LogP contribution in [0.3, 0.4) is 0 Å². The summed E-state index contributed by atoms with van der Waals surface area (Å²) in [6.07, 6.45) is 0.278. The van der Waals surface area contributed by atoms with Gasteiger partial charge < -0.3 is 4.90 Å². The fourth-order valence-electron chi connectivity index (χ4n) is 4.12. The van der Waals surface area contributed by atoms with Gasteiger partial charge in [-0.05, 0) is 36.2 Å². The summed E-state index contributed by atoms with van der Waals surface area (Å²) < 4.78 is 27.7. The van der Waals surface area contributed by atoms with Crippen molar-refractivity contribution in [1.29, 1.82) is 0 Å². The first-order chi connectivity index (χ1) is 14.9. The van der Waals surface area contributed by atoms with E-state index < -0.39 is 29.4 Å². The average molecular weight is 418 g/mol. The van der Waals surface area contributed by atoms with Crippen LogP contribution < -0.4 is 4.90 Å². The lowest BCUT2D eigenvalue weighted by atomic mass is 10.0. The van der Waals surface area contributed by atoms with Crippen LogP contribution in [0.15, 0.2) is 60.7 Å². The van der Waals surface area contributed by atoms with E-state index in [4.69, 9.17) is 0 Å². The summed E-state index contributed by atoms with van der Waals surface area (Å²) in [4.78, 5) is 41.1. The SMILES string of the molecule is O=C1c2ccc(C(=O)N3CCc4c(F)cc(F)cc43)cc2C(=O)N1Cc1ccccc1. The minimum Gasteiger partial charge on any atom is -0.308 e. The van der Waals surface area contributed by atoms with Gasteiger partial charge in [-0.1, -0.05) is 30.3 Å². The number of anilines is 1. The number of benzene rings is 3. The van der Waals surface area contributed by atoms with Crippen molar-refractivity contribution in [2.24, 2.45) is 0 Å². The Kier molecular flexibility index (Phi) is 4.39. The number of amides is 3. The van der Waals surface area contributed by atoms with Crippen molar-refractivity contribution in [2.75, 3.05) is 11.4 Å². The summed E-state index contributed by atoms with van der Waals surface area (Å²) in [7, 11) is 0. The zero-order chi connectivity index (χ0) is 21.7. The molecule has 3 amide bonds. The first kappa shape index (κ1) is 19.1. The lowest BCUT2D eigenvalue weighted by Gasteiger charge is -2.18. The number of fused-ring (bicyclic) bond motifs is 2. The van der Waals surface area contributed by atoms with E-state index in [2.05, 4.69) is 0 Å². The maximum absolute atomic E-state index is 14.0.